The summed E-state index contributed by atoms with van der Waals surface area (Å²) in [6.07, 6.45) is 3.56. The topological polar surface area (TPSA) is 58.9 Å². The third kappa shape index (κ3) is 1.85. The lowest BCUT2D eigenvalue weighted by Crippen LogP contribution is -2.10. The number of aromatic amines is 1. The molecule has 2 rings (SSSR count). The van der Waals surface area contributed by atoms with E-state index in [1.165, 1.54) is 6.20 Å². The van der Waals surface area contributed by atoms with E-state index in [-0.39, 0.29) is 0 Å². The van der Waals surface area contributed by atoms with Crippen LogP contribution in [0.1, 0.15) is 11.3 Å². The van der Waals surface area contributed by atoms with E-state index >= 15 is 0 Å². The zero-order valence-corrected chi connectivity index (χ0v) is 7.91. The van der Waals surface area contributed by atoms with Crippen molar-refractivity contribution in [2.75, 3.05) is 0 Å². The summed E-state index contributed by atoms with van der Waals surface area (Å²) in [5.74, 6) is 0.778. The van der Waals surface area contributed by atoms with Crippen LogP contribution in [-0.4, -0.2) is 9.97 Å². The van der Waals surface area contributed by atoms with Gasteiger partial charge in [-0.3, -0.25) is 4.98 Å². The van der Waals surface area contributed by atoms with E-state index in [4.69, 9.17) is 16.0 Å². The number of aromatic nitrogens is 2. The van der Waals surface area contributed by atoms with Gasteiger partial charge in [0.05, 0.1) is 6.26 Å². The Hall–Kier alpha value is -1.55. The Labute approximate surface area is 84.6 Å². The number of hydrogen-bond acceptors (Lipinski definition) is 3. The van der Waals surface area contributed by atoms with Crippen molar-refractivity contribution in [3.05, 3.63) is 51.6 Å². The number of hydrogen-bond donors (Lipinski definition) is 1. The van der Waals surface area contributed by atoms with Gasteiger partial charge in [-0.2, -0.15) is 0 Å². The van der Waals surface area contributed by atoms with Crippen molar-refractivity contribution in [3.63, 3.8) is 0 Å². The van der Waals surface area contributed by atoms with Crippen LogP contribution in [-0.2, 0) is 6.42 Å². The minimum Gasteiger partial charge on any atom is -0.469 e. The standard InChI is InChI=1S/C9H7ClN2O2/c10-8-6(5-11-9(13)12-8)4-7-2-1-3-14-7/h1-3,5H,4H2,(H,11,12,13). The Bertz CT molecular complexity index is 476. The van der Waals surface area contributed by atoms with Crippen molar-refractivity contribution in [2.45, 2.75) is 6.42 Å². The maximum Gasteiger partial charge on any atom is 0.346 e. The second-order valence-electron chi connectivity index (χ2n) is 2.78. The van der Waals surface area contributed by atoms with Crippen LogP contribution in [0.3, 0.4) is 0 Å². The molecule has 0 spiro atoms. The summed E-state index contributed by atoms with van der Waals surface area (Å²) < 4.78 is 5.14. The van der Waals surface area contributed by atoms with Crippen LogP contribution >= 0.6 is 11.6 Å². The van der Waals surface area contributed by atoms with Crippen LogP contribution < -0.4 is 5.69 Å². The van der Waals surface area contributed by atoms with Crippen LogP contribution in [0.2, 0.25) is 5.15 Å². The fourth-order valence-corrected chi connectivity index (χ4v) is 1.32. The summed E-state index contributed by atoms with van der Waals surface area (Å²) in [5, 5.41) is 0.307. The minimum atomic E-state index is -0.446. The molecule has 0 saturated carbocycles. The Morgan fingerprint density at radius 1 is 1.57 bits per heavy atom. The molecule has 0 unspecified atom stereocenters. The fourth-order valence-electron chi connectivity index (χ4n) is 1.12. The minimum absolute atomic E-state index is 0.307. The predicted molar refractivity (Wildman–Crippen MR) is 51.4 cm³/mol. The quantitative estimate of drug-likeness (QED) is 0.766. The van der Waals surface area contributed by atoms with E-state index in [2.05, 4.69) is 9.97 Å². The number of furan rings is 1. The van der Waals surface area contributed by atoms with Gasteiger partial charge >= 0.3 is 5.69 Å². The van der Waals surface area contributed by atoms with E-state index in [1.807, 2.05) is 6.07 Å². The lowest BCUT2D eigenvalue weighted by Gasteiger charge is -1.99. The van der Waals surface area contributed by atoms with Crippen LogP contribution in [0.5, 0.6) is 0 Å². The number of rotatable bonds is 2. The smallest absolute Gasteiger partial charge is 0.346 e. The number of nitrogens with zero attached hydrogens (tertiary/aromatic N) is 1. The highest BCUT2D eigenvalue weighted by atomic mass is 35.5. The first-order valence-electron chi connectivity index (χ1n) is 4.02. The second-order valence-corrected chi connectivity index (χ2v) is 3.16. The Morgan fingerprint density at radius 3 is 3.07 bits per heavy atom. The van der Waals surface area contributed by atoms with Gasteiger partial charge < -0.3 is 4.42 Å². The van der Waals surface area contributed by atoms with Gasteiger partial charge in [0, 0.05) is 18.2 Å². The number of nitrogens with one attached hydrogen (secondary N) is 1. The van der Waals surface area contributed by atoms with Crippen LogP contribution in [0, 0.1) is 0 Å². The molecule has 0 aromatic carbocycles. The Balaban J connectivity index is 2.30. The molecule has 2 aromatic rings. The van der Waals surface area contributed by atoms with Gasteiger partial charge in [0.1, 0.15) is 10.9 Å². The first kappa shape index (κ1) is 9.02. The molecular formula is C9H7ClN2O2. The van der Waals surface area contributed by atoms with Crippen molar-refractivity contribution in [3.8, 4) is 0 Å². The molecule has 0 bridgehead atoms. The van der Waals surface area contributed by atoms with Gasteiger partial charge in [-0.05, 0) is 12.1 Å². The molecular weight excluding hydrogens is 204 g/mol. The summed E-state index contributed by atoms with van der Waals surface area (Å²) in [6, 6.07) is 3.63. The summed E-state index contributed by atoms with van der Waals surface area (Å²) in [5.41, 5.74) is 0.291. The molecule has 2 heterocycles. The van der Waals surface area contributed by atoms with Crippen molar-refractivity contribution < 1.29 is 4.42 Å². The summed E-state index contributed by atoms with van der Waals surface area (Å²) in [4.78, 5) is 16.8. The van der Waals surface area contributed by atoms with Gasteiger partial charge in [-0.1, -0.05) is 11.6 Å². The average Bonchev–Trinajstić information content (AvgIpc) is 2.62. The molecule has 0 amide bonds. The molecule has 0 saturated heterocycles. The predicted octanol–water partition coefficient (Wildman–Crippen LogP) is 1.61. The molecule has 0 fully saturated rings. The molecule has 0 aliphatic carbocycles. The summed E-state index contributed by atoms with van der Waals surface area (Å²) in [7, 11) is 0. The van der Waals surface area contributed by atoms with Gasteiger partial charge in [0.25, 0.3) is 0 Å². The fraction of sp³-hybridized carbons (Fsp3) is 0.111. The molecule has 14 heavy (non-hydrogen) atoms. The second kappa shape index (κ2) is 3.67. The van der Waals surface area contributed by atoms with Crippen LogP contribution in [0.15, 0.2) is 33.8 Å². The largest absolute Gasteiger partial charge is 0.469 e. The highest BCUT2D eigenvalue weighted by Gasteiger charge is 2.04. The van der Waals surface area contributed by atoms with Crippen molar-refractivity contribution in [1.82, 2.24) is 9.97 Å². The monoisotopic (exact) mass is 210 g/mol. The maximum absolute atomic E-state index is 10.8. The third-order valence-corrected chi connectivity index (χ3v) is 2.12. The summed E-state index contributed by atoms with van der Waals surface area (Å²) >= 11 is 5.81. The molecule has 0 radical (unpaired) electrons. The van der Waals surface area contributed by atoms with Crippen molar-refractivity contribution >= 4 is 11.6 Å². The molecule has 4 nitrogen and oxygen atoms in total. The molecule has 0 aliphatic rings. The van der Waals surface area contributed by atoms with Crippen molar-refractivity contribution in [2.24, 2.45) is 0 Å². The summed E-state index contributed by atoms with van der Waals surface area (Å²) in [6.45, 7) is 0. The lowest BCUT2D eigenvalue weighted by molar-refractivity contribution is 0.520. The lowest BCUT2D eigenvalue weighted by atomic mass is 10.2. The number of H-pyrrole nitrogens is 1. The highest BCUT2D eigenvalue weighted by molar-refractivity contribution is 6.30. The van der Waals surface area contributed by atoms with E-state index in [1.54, 1.807) is 12.3 Å². The maximum atomic E-state index is 10.8. The van der Waals surface area contributed by atoms with Crippen LogP contribution in [0.4, 0.5) is 0 Å². The van der Waals surface area contributed by atoms with Gasteiger partial charge in [0.2, 0.25) is 0 Å². The van der Waals surface area contributed by atoms with Crippen LogP contribution in [0.25, 0.3) is 0 Å². The molecule has 5 heteroatoms. The first-order chi connectivity index (χ1) is 6.75. The van der Waals surface area contributed by atoms with Gasteiger partial charge in [-0.15, -0.1) is 0 Å². The Morgan fingerprint density at radius 2 is 2.43 bits per heavy atom. The first-order valence-corrected chi connectivity index (χ1v) is 4.39. The zero-order valence-electron chi connectivity index (χ0n) is 7.16. The van der Waals surface area contributed by atoms with E-state index in [9.17, 15) is 4.79 Å². The van der Waals surface area contributed by atoms with Gasteiger partial charge in [-0.25, -0.2) is 9.78 Å². The van der Waals surface area contributed by atoms with E-state index in [0.717, 1.165) is 11.3 Å². The Kier molecular flexibility index (Phi) is 2.37. The molecule has 0 atom stereocenters. The molecule has 1 N–H and O–H groups in total. The number of halogens is 1. The zero-order chi connectivity index (χ0) is 9.97. The highest BCUT2D eigenvalue weighted by Crippen LogP contribution is 2.14. The molecule has 72 valence electrons. The molecule has 2 aromatic heterocycles. The normalized spacial score (nSPS) is 10.4. The molecule has 0 aliphatic heterocycles. The average molecular weight is 211 g/mol. The van der Waals surface area contributed by atoms with E-state index < -0.39 is 5.69 Å². The van der Waals surface area contributed by atoms with Crippen molar-refractivity contribution in [1.29, 1.82) is 0 Å². The van der Waals surface area contributed by atoms with Gasteiger partial charge in [0.15, 0.2) is 0 Å². The van der Waals surface area contributed by atoms with E-state index in [0.29, 0.717) is 11.6 Å². The third-order valence-electron chi connectivity index (χ3n) is 1.78. The SMILES string of the molecule is O=c1ncc(Cc2ccco2)c(Cl)[nH]1.